The lowest BCUT2D eigenvalue weighted by Crippen LogP contribution is -2.43. The van der Waals surface area contributed by atoms with Gasteiger partial charge in [-0.05, 0) is 41.4 Å². The molecule has 2 rings (SSSR count). The summed E-state index contributed by atoms with van der Waals surface area (Å²) in [7, 11) is -1.84. The molecule has 24 heavy (non-hydrogen) atoms. The smallest absolute Gasteiger partial charge is 0.192 e. The molecular weight excluding hydrogens is 319 g/mol. The second-order valence-electron chi connectivity index (χ2n) is 6.27. The zero-order valence-electron chi connectivity index (χ0n) is 14.8. The SMILES string of the molecule is CC[Si](CC)(CC)OCC(O)(c1ccccc1)c1ccc(F)cc1. The number of aliphatic hydroxyl groups is 1. The van der Waals surface area contributed by atoms with Crippen molar-refractivity contribution >= 4 is 8.32 Å². The van der Waals surface area contributed by atoms with Crippen LogP contribution in [0.3, 0.4) is 0 Å². The van der Waals surface area contributed by atoms with Crippen LogP contribution in [0.15, 0.2) is 54.6 Å². The molecule has 4 heteroatoms. The van der Waals surface area contributed by atoms with Gasteiger partial charge in [0.25, 0.3) is 0 Å². The largest absolute Gasteiger partial charge is 0.413 e. The van der Waals surface area contributed by atoms with Crippen LogP contribution in [0.5, 0.6) is 0 Å². The number of rotatable bonds is 8. The summed E-state index contributed by atoms with van der Waals surface area (Å²) in [6, 6.07) is 18.6. The summed E-state index contributed by atoms with van der Waals surface area (Å²) in [5, 5.41) is 11.5. The van der Waals surface area contributed by atoms with E-state index in [4.69, 9.17) is 4.43 Å². The lowest BCUT2D eigenvalue weighted by molar-refractivity contribution is 0.0230. The highest BCUT2D eigenvalue weighted by atomic mass is 28.4. The zero-order valence-corrected chi connectivity index (χ0v) is 15.8. The third kappa shape index (κ3) is 3.94. The van der Waals surface area contributed by atoms with Gasteiger partial charge in [0.05, 0.1) is 6.61 Å². The highest BCUT2D eigenvalue weighted by Gasteiger charge is 2.37. The van der Waals surface area contributed by atoms with Gasteiger partial charge < -0.3 is 9.53 Å². The Balaban J connectivity index is 2.39. The van der Waals surface area contributed by atoms with Gasteiger partial charge in [0, 0.05) is 0 Å². The molecular formula is C20H27FO2Si. The molecule has 0 aliphatic rings. The normalized spacial score (nSPS) is 14.4. The second-order valence-corrected chi connectivity index (χ2v) is 11.0. The van der Waals surface area contributed by atoms with Crippen molar-refractivity contribution in [3.8, 4) is 0 Å². The van der Waals surface area contributed by atoms with E-state index in [0.29, 0.717) is 5.56 Å². The lowest BCUT2D eigenvalue weighted by atomic mass is 9.87. The van der Waals surface area contributed by atoms with Crippen LogP contribution in [0.2, 0.25) is 18.1 Å². The van der Waals surface area contributed by atoms with Gasteiger partial charge in [-0.1, -0.05) is 63.2 Å². The fourth-order valence-corrected chi connectivity index (χ4v) is 5.71. The van der Waals surface area contributed by atoms with Crippen molar-refractivity contribution in [2.75, 3.05) is 6.61 Å². The summed E-state index contributed by atoms with van der Waals surface area (Å²) in [6.07, 6.45) is 0. The van der Waals surface area contributed by atoms with Gasteiger partial charge >= 0.3 is 0 Å². The summed E-state index contributed by atoms with van der Waals surface area (Å²) >= 11 is 0. The van der Waals surface area contributed by atoms with Crippen LogP contribution in [0.1, 0.15) is 31.9 Å². The molecule has 2 aromatic rings. The quantitative estimate of drug-likeness (QED) is 0.675. The number of benzene rings is 2. The Morgan fingerprint density at radius 1 is 0.875 bits per heavy atom. The first-order valence-corrected chi connectivity index (χ1v) is 11.2. The van der Waals surface area contributed by atoms with Crippen molar-refractivity contribution in [3.05, 3.63) is 71.5 Å². The molecule has 0 saturated heterocycles. The molecule has 0 aliphatic carbocycles. The van der Waals surface area contributed by atoms with Crippen molar-refractivity contribution in [2.24, 2.45) is 0 Å². The number of hydrogen-bond donors (Lipinski definition) is 1. The Kier molecular flexibility index (Phi) is 6.32. The average molecular weight is 347 g/mol. The summed E-state index contributed by atoms with van der Waals surface area (Å²) < 4.78 is 19.7. The molecule has 0 heterocycles. The van der Waals surface area contributed by atoms with Crippen LogP contribution >= 0.6 is 0 Å². The van der Waals surface area contributed by atoms with Gasteiger partial charge in [-0.25, -0.2) is 4.39 Å². The molecule has 2 aromatic carbocycles. The molecule has 1 atom stereocenters. The van der Waals surface area contributed by atoms with E-state index >= 15 is 0 Å². The molecule has 0 aliphatic heterocycles. The van der Waals surface area contributed by atoms with Crippen molar-refractivity contribution in [2.45, 2.75) is 44.5 Å². The van der Waals surface area contributed by atoms with Gasteiger partial charge in [-0.15, -0.1) is 0 Å². The van der Waals surface area contributed by atoms with Gasteiger partial charge in [0.1, 0.15) is 11.4 Å². The van der Waals surface area contributed by atoms with Gasteiger partial charge in [0.15, 0.2) is 8.32 Å². The van der Waals surface area contributed by atoms with Crippen LogP contribution in [-0.4, -0.2) is 20.0 Å². The Hall–Kier alpha value is -1.49. The van der Waals surface area contributed by atoms with E-state index in [-0.39, 0.29) is 12.4 Å². The van der Waals surface area contributed by atoms with E-state index in [1.807, 2.05) is 30.3 Å². The van der Waals surface area contributed by atoms with Crippen molar-refractivity contribution < 1.29 is 13.9 Å². The predicted octanol–water partition coefficient (Wildman–Crippen LogP) is 5.08. The van der Waals surface area contributed by atoms with Crippen molar-refractivity contribution in [1.82, 2.24) is 0 Å². The first kappa shape index (κ1) is 18.8. The molecule has 0 saturated carbocycles. The minimum atomic E-state index is -1.84. The lowest BCUT2D eigenvalue weighted by Gasteiger charge is -2.35. The highest BCUT2D eigenvalue weighted by Crippen LogP contribution is 2.33. The van der Waals surface area contributed by atoms with Crippen LogP contribution in [-0.2, 0) is 10.0 Å². The molecule has 0 radical (unpaired) electrons. The summed E-state index contributed by atoms with van der Waals surface area (Å²) in [5.74, 6) is -0.311. The summed E-state index contributed by atoms with van der Waals surface area (Å²) in [6.45, 7) is 6.69. The standard InChI is InChI=1S/C20H27FO2Si/c1-4-24(5-2,6-3)23-16-20(22,17-10-8-7-9-11-17)18-12-14-19(21)15-13-18/h7-15,22H,4-6,16H2,1-3H3. The Labute approximate surface area is 145 Å². The van der Waals surface area contributed by atoms with Crippen LogP contribution < -0.4 is 0 Å². The molecule has 0 spiro atoms. The van der Waals surface area contributed by atoms with E-state index in [0.717, 1.165) is 23.7 Å². The van der Waals surface area contributed by atoms with Gasteiger partial charge in [0.2, 0.25) is 0 Å². The van der Waals surface area contributed by atoms with Crippen LogP contribution in [0, 0.1) is 5.82 Å². The topological polar surface area (TPSA) is 29.5 Å². The third-order valence-electron chi connectivity index (χ3n) is 5.09. The minimum Gasteiger partial charge on any atom is -0.413 e. The second kappa shape index (κ2) is 8.06. The molecule has 1 N–H and O–H groups in total. The monoisotopic (exact) mass is 346 g/mol. The molecule has 0 fully saturated rings. The van der Waals surface area contributed by atoms with Crippen molar-refractivity contribution in [3.63, 3.8) is 0 Å². The average Bonchev–Trinajstić information content (AvgIpc) is 2.64. The third-order valence-corrected chi connectivity index (χ3v) is 9.72. The predicted molar refractivity (Wildman–Crippen MR) is 99.0 cm³/mol. The highest BCUT2D eigenvalue weighted by molar-refractivity contribution is 6.73. The molecule has 130 valence electrons. The fraction of sp³-hybridized carbons (Fsp3) is 0.400. The first-order valence-electron chi connectivity index (χ1n) is 8.67. The van der Waals surface area contributed by atoms with E-state index in [2.05, 4.69) is 20.8 Å². The summed E-state index contributed by atoms with van der Waals surface area (Å²) in [4.78, 5) is 0. The maximum atomic E-state index is 13.3. The minimum absolute atomic E-state index is 0.199. The summed E-state index contributed by atoms with van der Waals surface area (Å²) in [5.41, 5.74) is 0.149. The number of hydrogen-bond acceptors (Lipinski definition) is 2. The van der Waals surface area contributed by atoms with Crippen LogP contribution in [0.4, 0.5) is 4.39 Å². The fourth-order valence-electron chi connectivity index (χ4n) is 3.09. The molecule has 2 nitrogen and oxygen atoms in total. The first-order chi connectivity index (χ1) is 11.5. The maximum absolute atomic E-state index is 13.3. The zero-order chi connectivity index (χ0) is 17.6. The van der Waals surface area contributed by atoms with E-state index in [9.17, 15) is 9.50 Å². The molecule has 1 unspecified atom stereocenters. The number of halogens is 1. The molecule has 0 amide bonds. The van der Waals surface area contributed by atoms with Gasteiger partial charge in [-0.2, -0.15) is 0 Å². The van der Waals surface area contributed by atoms with E-state index in [1.165, 1.54) is 12.1 Å². The Bertz CT molecular complexity index is 618. The van der Waals surface area contributed by atoms with E-state index in [1.54, 1.807) is 12.1 Å². The Morgan fingerprint density at radius 2 is 1.38 bits per heavy atom. The van der Waals surface area contributed by atoms with Crippen LogP contribution in [0.25, 0.3) is 0 Å². The molecule has 0 aromatic heterocycles. The van der Waals surface area contributed by atoms with Gasteiger partial charge in [-0.3, -0.25) is 0 Å². The Morgan fingerprint density at radius 3 is 1.88 bits per heavy atom. The van der Waals surface area contributed by atoms with E-state index < -0.39 is 13.9 Å². The molecule has 0 bridgehead atoms. The van der Waals surface area contributed by atoms with Crippen molar-refractivity contribution in [1.29, 1.82) is 0 Å². The maximum Gasteiger partial charge on any atom is 0.192 e.